The highest BCUT2D eigenvalue weighted by Crippen LogP contribution is 2.40. The molecule has 2 aliphatic heterocycles. The smallest absolute Gasteiger partial charge is 0.125 e. The van der Waals surface area contributed by atoms with Gasteiger partial charge in [0.15, 0.2) is 0 Å². The number of piperidine rings is 1. The summed E-state index contributed by atoms with van der Waals surface area (Å²) in [6, 6.07) is 19.3. The Kier molecular flexibility index (Phi) is 3.75. The molecule has 4 heteroatoms. The van der Waals surface area contributed by atoms with Crippen LogP contribution >= 0.6 is 0 Å². The van der Waals surface area contributed by atoms with Crippen molar-refractivity contribution in [1.82, 2.24) is 9.66 Å². The molecule has 2 saturated heterocycles. The third-order valence-corrected chi connectivity index (χ3v) is 5.87. The number of benzene rings is 2. The fraction of sp³-hybridized carbons (Fsp3) is 0.409. The molecule has 2 atom stereocenters. The Hall–Kier alpha value is -2.33. The van der Waals surface area contributed by atoms with Crippen molar-refractivity contribution in [3.8, 4) is 0 Å². The molecule has 0 N–H and O–H groups in total. The Balaban J connectivity index is 1.52. The molecule has 3 heterocycles. The Morgan fingerprint density at radius 1 is 1.12 bits per heavy atom. The van der Waals surface area contributed by atoms with Crippen LogP contribution in [0.2, 0.25) is 0 Å². The molecule has 2 fully saturated rings. The van der Waals surface area contributed by atoms with Crippen LogP contribution in [0.1, 0.15) is 17.8 Å². The normalized spacial score (nSPS) is 25.6. The molecule has 0 saturated carbocycles. The molecule has 0 radical (unpaired) electrons. The summed E-state index contributed by atoms with van der Waals surface area (Å²) in [4.78, 5) is 4.78. The lowest BCUT2D eigenvalue weighted by molar-refractivity contribution is -0.0568. The fourth-order valence-electron chi connectivity index (χ4n) is 5.00. The minimum Gasteiger partial charge on any atom is -0.380 e. The van der Waals surface area contributed by atoms with E-state index in [-0.39, 0.29) is 5.41 Å². The van der Waals surface area contributed by atoms with Gasteiger partial charge in [0.2, 0.25) is 0 Å². The Labute approximate surface area is 154 Å². The number of hydrogen-bond acceptors (Lipinski definition) is 3. The molecule has 3 aromatic rings. The third-order valence-electron chi connectivity index (χ3n) is 5.87. The minimum absolute atomic E-state index is 0.181. The number of nitrogens with zero attached hydrogens (tertiary/aromatic N) is 3. The van der Waals surface area contributed by atoms with Crippen LogP contribution in [0.25, 0.3) is 11.0 Å². The molecule has 2 aromatic carbocycles. The summed E-state index contributed by atoms with van der Waals surface area (Å²) in [6.45, 7) is 5.89. The van der Waals surface area contributed by atoms with Crippen molar-refractivity contribution >= 4 is 11.0 Å². The molecule has 0 spiro atoms. The summed E-state index contributed by atoms with van der Waals surface area (Å²) < 4.78 is 8.38. The maximum Gasteiger partial charge on any atom is 0.125 e. The van der Waals surface area contributed by atoms with Gasteiger partial charge in [-0.1, -0.05) is 42.5 Å². The van der Waals surface area contributed by atoms with Crippen molar-refractivity contribution in [1.29, 1.82) is 0 Å². The molecule has 2 aliphatic rings. The van der Waals surface area contributed by atoms with E-state index in [9.17, 15) is 0 Å². The quantitative estimate of drug-likeness (QED) is 0.726. The fourth-order valence-corrected chi connectivity index (χ4v) is 5.00. The Morgan fingerprint density at radius 3 is 2.81 bits per heavy atom. The van der Waals surface area contributed by atoms with E-state index in [1.165, 1.54) is 17.5 Å². The van der Waals surface area contributed by atoms with Crippen LogP contribution < -0.4 is 5.01 Å². The molecule has 134 valence electrons. The zero-order valence-corrected chi connectivity index (χ0v) is 15.3. The van der Waals surface area contributed by atoms with Crippen LogP contribution in [0.3, 0.4) is 0 Å². The van der Waals surface area contributed by atoms with Crippen LogP contribution in [0.4, 0.5) is 0 Å². The van der Waals surface area contributed by atoms with Crippen molar-refractivity contribution in [3.05, 3.63) is 66.0 Å². The van der Waals surface area contributed by atoms with E-state index < -0.39 is 0 Å². The predicted molar refractivity (Wildman–Crippen MR) is 104 cm³/mol. The van der Waals surface area contributed by atoms with Crippen molar-refractivity contribution in [2.75, 3.05) is 31.3 Å². The van der Waals surface area contributed by atoms with E-state index in [0.29, 0.717) is 5.92 Å². The van der Waals surface area contributed by atoms with E-state index >= 15 is 0 Å². The van der Waals surface area contributed by atoms with Gasteiger partial charge in [0.25, 0.3) is 0 Å². The van der Waals surface area contributed by atoms with Crippen LogP contribution in [0, 0.1) is 18.3 Å². The molecular formula is C22H25N3O. The first kappa shape index (κ1) is 15.9. The predicted octanol–water partition coefficient (Wildman–Crippen LogP) is 3.56. The maximum atomic E-state index is 6.04. The molecule has 2 unspecified atom stereocenters. The van der Waals surface area contributed by atoms with Crippen LogP contribution in [-0.2, 0) is 11.2 Å². The average Bonchev–Trinajstić information content (AvgIpc) is 2.97. The summed E-state index contributed by atoms with van der Waals surface area (Å²) in [5.41, 5.74) is 3.88. The molecule has 4 nitrogen and oxygen atoms in total. The summed E-state index contributed by atoms with van der Waals surface area (Å²) in [5, 5.41) is 2.52. The molecule has 1 aromatic heterocycles. The van der Waals surface area contributed by atoms with Gasteiger partial charge >= 0.3 is 0 Å². The van der Waals surface area contributed by atoms with Gasteiger partial charge in [-0.15, -0.1) is 0 Å². The van der Waals surface area contributed by atoms with E-state index in [4.69, 9.17) is 9.72 Å². The highest BCUT2D eigenvalue weighted by molar-refractivity contribution is 5.76. The zero-order valence-electron chi connectivity index (χ0n) is 15.3. The summed E-state index contributed by atoms with van der Waals surface area (Å²) in [5.74, 6) is 1.66. The monoisotopic (exact) mass is 347 g/mol. The molecule has 0 aliphatic carbocycles. The highest BCUT2D eigenvalue weighted by Gasteiger charge is 2.44. The molecule has 0 amide bonds. The van der Waals surface area contributed by atoms with Gasteiger partial charge in [0, 0.05) is 24.4 Å². The number of imidazole rings is 1. The first-order valence-corrected chi connectivity index (χ1v) is 9.53. The maximum absolute atomic E-state index is 6.04. The second kappa shape index (κ2) is 6.13. The summed E-state index contributed by atoms with van der Waals surface area (Å²) in [6.07, 6.45) is 2.33. The molecular weight excluding hydrogens is 322 g/mol. The largest absolute Gasteiger partial charge is 0.380 e. The van der Waals surface area contributed by atoms with Crippen molar-refractivity contribution in [2.24, 2.45) is 11.3 Å². The van der Waals surface area contributed by atoms with Gasteiger partial charge in [0.1, 0.15) is 5.82 Å². The SMILES string of the molecule is Cc1nc2ccccc2n1N1CC2COCC(Cc3ccccc3)(C2)C1. The number of aromatic nitrogens is 2. The van der Waals surface area contributed by atoms with Crippen molar-refractivity contribution in [3.63, 3.8) is 0 Å². The van der Waals surface area contributed by atoms with Crippen molar-refractivity contribution < 1.29 is 4.74 Å². The summed E-state index contributed by atoms with van der Waals surface area (Å²) in [7, 11) is 0. The van der Waals surface area contributed by atoms with Crippen molar-refractivity contribution in [2.45, 2.75) is 19.8 Å². The van der Waals surface area contributed by atoms with E-state index in [1.807, 2.05) is 0 Å². The van der Waals surface area contributed by atoms with Gasteiger partial charge in [-0.25, -0.2) is 9.66 Å². The molecule has 26 heavy (non-hydrogen) atoms. The number of fused-ring (bicyclic) bond motifs is 3. The average molecular weight is 347 g/mol. The first-order valence-electron chi connectivity index (χ1n) is 9.53. The van der Waals surface area contributed by atoms with E-state index in [1.54, 1.807) is 0 Å². The number of hydrogen-bond donors (Lipinski definition) is 0. The van der Waals surface area contributed by atoms with E-state index in [0.717, 1.165) is 44.1 Å². The van der Waals surface area contributed by atoms with Gasteiger partial charge < -0.3 is 9.75 Å². The molecule has 5 rings (SSSR count). The highest BCUT2D eigenvalue weighted by atomic mass is 16.5. The lowest BCUT2D eigenvalue weighted by atomic mass is 9.71. The van der Waals surface area contributed by atoms with Gasteiger partial charge in [-0.05, 0) is 37.5 Å². The van der Waals surface area contributed by atoms with Gasteiger partial charge in [-0.3, -0.25) is 0 Å². The van der Waals surface area contributed by atoms with Crippen LogP contribution in [-0.4, -0.2) is 36.0 Å². The van der Waals surface area contributed by atoms with Crippen LogP contribution in [0.5, 0.6) is 0 Å². The third kappa shape index (κ3) is 2.69. The lowest BCUT2D eigenvalue weighted by Crippen LogP contribution is -2.58. The Bertz CT molecular complexity index is 920. The van der Waals surface area contributed by atoms with Gasteiger partial charge in [0.05, 0.1) is 24.2 Å². The summed E-state index contributed by atoms with van der Waals surface area (Å²) >= 11 is 0. The molecule has 2 bridgehead atoms. The second-order valence-electron chi connectivity index (χ2n) is 8.05. The topological polar surface area (TPSA) is 30.3 Å². The Morgan fingerprint density at radius 2 is 1.92 bits per heavy atom. The lowest BCUT2D eigenvalue weighted by Gasteiger charge is -2.50. The number of rotatable bonds is 3. The first-order chi connectivity index (χ1) is 12.7. The number of para-hydroxylation sites is 2. The van der Waals surface area contributed by atoms with Crippen LogP contribution in [0.15, 0.2) is 54.6 Å². The number of aryl methyl sites for hydroxylation is 1. The van der Waals surface area contributed by atoms with E-state index in [2.05, 4.69) is 71.2 Å². The second-order valence-corrected chi connectivity index (χ2v) is 8.05. The zero-order chi connectivity index (χ0) is 17.6. The minimum atomic E-state index is 0.181. The van der Waals surface area contributed by atoms with Gasteiger partial charge in [-0.2, -0.15) is 0 Å². The standard InChI is InChI=1S/C22H25N3O/c1-17-23-20-9-5-6-10-21(20)25(17)24-13-19-12-22(15-24,16-26-14-19)11-18-7-3-2-4-8-18/h2-10,19H,11-16H2,1H3. The number of ether oxygens (including phenoxy) is 1.